The third kappa shape index (κ3) is 6.05. The highest BCUT2D eigenvalue weighted by molar-refractivity contribution is 6.62. The minimum Gasteiger partial charge on any atom is -0.491 e. The first kappa shape index (κ1) is 27.3. The molecule has 0 bridgehead atoms. The number of hydrogen-bond acceptors (Lipinski definition) is 9. The lowest BCUT2D eigenvalue weighted by molar-refractivity contribution is 0.00578. The van der Waals surface area contributed by atoms with E-state index in [1.165, 1.54) is 0 Å². The number of fused-ring (bicyclic) bond motifs is 1. The average Bonchev–Trinajstić information content (AvgIpc) is 3.09. The van der Waals surface area contributed by atoms with Gasteiger partial charge in [-0.2, -0.15) is 5.10 Å². The molecule has 3 aromatic rings. The number of rotatable bonds is 11. The van der Waals surface area contributed by atoms with Crippen LogP contribution in [0.25, 0.3) is 21.9 Å². The van der Waals surface area contributed by atoms with Gasteiger partial charge in [0, 0.05) is 22.9 Å². The zero-order valence-electron chi connectivity index (χ0n) is 22.4. The highest BCUT2D eigenvalue weighted by Crippen LogP contribution is 2.38. The van der Waals surface area contributed by atoms with Gasteiger partial charge in [0.2, 0.25) is 0 Å². The molecule has 4 rings (SSSR count). The zero-order valence-corrected chi connectivity index (χ0v) is 22.4. The third-order valence-corrected chi connectivity index (χ3v) is 6.95. The van der Waals surface area contributed by atoms with Crippen LogP contribution in [0.5, 0.6) is 5.75 Å². The van der Waals surface area contributed by atoms with E-state index < -0.39 is 18.3 Å². The number of benzene rings is 2. The molecule has 0 atom stereocenters. The van der Waals surface area contributed by atoms with E-state index in [4.69, 9.17) is 35.0 Å². The molecule has 1 aliphatic rings. The summed E-state index contributed by atoms with van der Waals surface area (Å²) in [7, 11) is -0.488. The maximum Gasteiger partial charge on any atom is 0.494 e. The lowest BCUT2D eigenvalue weighted by Gasteiger charge is -2.32. The Labute approximate surface area is 218 Å². The summed E-state index contributed by atoms with van der Waals surface area (Å²) in [5, 5.41) is 10.0. The summed E-state index contributed by atoms with van der Waals surface area (Å²) < 4.78 is 29.7. The largest absolute Gasteiger partial charge is 0.494 e. The molecule has 1 aliphatic heterocycles. The lowest BCUT2D eigenvalue weighted by atomic mass is 9.77. The van der Waals surface area contributed by atoms with E-state index in [1.54, 1.807) is 0 Å². The topological polar surface area (TPSA) is 124 Å². The highest BCUT2D eigenvalue weighted by atomic mass is 16.7. The fourth-order valence-electron chi connectivity index (χ4n) is 4.11. The Morgan fingerprint density at radius 1 is 0.838 bits per heavy atom. The summed E-state index contributed by atoms with van der Waals surface area (Å²) in [6.07, 6.45) is 0. The Kier molecular flexibility index (Phi) is 8.35. The maximum atomic E-state index is 6.30. The molecule has 1 aromatic heterocycles. The second kappa shape index (κ2) is 11.3. The van der Waals surface area contributed by atoms with E-state index in [1.807, 2.05) is 58.9 Å². The van der Waals surface area contributed by atoms with Crippen LogP contribution in [0.15, 0.2) is 36.4 Å². The van der Waals surface area contributed by atoms with Gasteiger partial charge in [-0.15, -0.1) is 5.10 Å². The van der Waals surface area contributed by atoms with Crippen molar-refractivity contribution >= 4 is 29.2 Å². The summed E-state index contributed by atoms with van der Waals surface area (Å²) in [5.41, 5.74) is 14.2. The van der Waals surface area contributed by atoms with Gasteiger partial charge in [0.15, 0.2) is 5.82 Å². The molecule has 0 radical (unpaired) electrons. The van der Waals surface area contributed by atoms with Gasteiger partial charge in [-0.05, 0) is 63.8 Å². The normalized spacial score (nSPS) is 16.4. The molecule has 2 aromatic carbocycles. The molecule has 0 aliphatic carbocycles. The van der Waals surface area contributed by atoms with Crippen molar-refractivity contribution in [3.05, 3.63) is 42.1 Å². The number of nitrogens with two attached hydrogens (primary N) is 2. The molecule has 9 nitrogen and oxygen atoms in total. The molecule has 0 unspecified atom stereocenters. The van der Waals surface area contributed by atoms with Crippen LogP contribution in [-0.2, 0) is 18.8 Å². The summed E-state index contributed by atoms with van der Waals surface area (Å²) in [6, 6.07) is 12.1. The van der Waals surface area contributed by atoms with Gasteiger partial charge < -0.3 is 35.0 Å². The van der Waals surface area contributed by atoms with Crippen LogP contribution in [0.3, 0.4) is 0 Å². The smallest absolute Gasteiger partial charge is 0.491 e. The monoisotopic (exact) mass is 508 g/mol. The maximum absolute atomic E-state index is 6.30. The first-order valence-electron chi connectivity index (χ1n) is 12.6. The Balaban J connectivity index is 1.60. The first-order valence-corrected chi connectivity index (χ1v) is 12.6. The van der Waals surface area contributed by atoms with E-state index in [0.717, 1.165) is 38.8 Å². The summed E-state index contributed by atoms with van der Waals surface area (Å²) in [5.74, 6) is 1.14. The van der Waals surface area contributed by atoms with E-state index >= 15 is 0 Å². The van der Waals surface area contributed by atoms with E-state index in [-0.39, 0.29) is 0 Å². The molecule has 198 valence electrons. The van der Waals surface area contributed by atoms with Crippen LogP contribution in [0.4, 0.5) is 5.82 Å². The van der Waals surface area contributed by atoms with Gasteiger partial charge in [-0.25, -0.2) is 0 Å². The van der Waals surface area contributed by atoms with E-state index in [9.17, 15) is 0 Å². The number of nitrogens with zero attached hydrogens (tertiary/aromatic N) is 2. The van der Waals surface area contributed by atoms with Crippen LogP contribution in [0.1, 0.15) is 33.4 Å². The number of nitrogen functional groups attached to an aromatic ring is 1. The van der Waals surface area contributed by atoms with Crippen molar-refractivity contribution in [3.8, 4) is 16.9 Å². The van der Waals surface area contributed by atoms with Crippen molar-refractivity contribution in [2.75, 3.05) is 45.3 Å². The van der Waals surface area contributed by atoms with Crippen LogP contribution in [-0.4, -0.2) is 68.1 Å². The molecule has 37 heavy (non-hydrogen) atoms. The predicted molar refractivity (Wildman–Crippen MR) is 146 cm³/mol. The van der Waals surface area contributed by atoms with Gasteiger partial charge in [0.25, 0.3) is 0 Å². The molecule has 0 spiro atoms. The van der Waals surface area contributed by atoms with E-state index in [0.29, 0.717) is 45.4 Å². The van der Waals surface area contributed by atoms with Crippen LogP contribution >= 0.6 is 0 Å². The van der Waals surface area contributed by atoms with Crippen molar-refractivity contribution in [2.45, 2.75) is 45.8 Å². The molecule has 0 saturated carbocycles. The zero-order chi connectivity index (χ0) is 26.6. The van der Waals surface area contributed by atoms with Crippen LogP contribution in [0, 0.1) is 6.92 Å². The van der Waals surface area contributed by atoms with Crippen LogP contribution in [0.2, 0.25) is 0 Å². The quantitative estimate of drug-likeness (QED) is 0.297. The van der Waals surface area contributed by atoms with Crippen molar-refractivity contribution in [3.63, 3.8) is 0 Å². The third-order valence-electron chi connectivity index (χ3n) is 6.95. The number of ether oxygens (including phenoxy) is 3. The SMILES string of the molecule is Cc1nnc(N)c2ccc(-c3cc(B4OC(C)(C)C(C)(C)O4)ccc3OCCOCCOCCN)cc12. The van der Waals surface area contributed by atoms with Crippen LogP contribution < -0.4 is 21.7 Å². The van der Waals surface area contributed by atoms with Gasteiger partial charge in [0.05, 0.1) is 43.3 Å². The number of anilines is 1. The fraction of sp³-hybridized carbons (Fsp3) is 0.481. The number of hydrogen-bond donors (Lipinski definition) is 2. The van der Waals surface area contributed by atoms with Crippen molar-refractivity contribution < 1.29 is 23.5 Å². The minimum absolute atomic E-state index is 0.394. The molecule has 10 heteroatoms. The van der Waals surface area contributed by atoms with Gasteiger partial charge in [-0.3, -0.25) is 0 Å². The summed E-state index contributed by atoms with van der Waals surface area (Å²) >= 11 is 0. The van der Waals surface area contributed by atoms with Gasteiger partial charge in [-0.1, -0.05) is 18.2 Å². The second-order valence-electron chi connectivity index (χ2n) is 10.1. The second-order valence-corrected chi connectivity index (χ2v) is 10.1. The lowest BCUT2D eigenvalue weighted by Crippen LogP contribution is -2.41. The first-order chi connectivity index (χ1) is 17.6. The molecule has 1 saturated heterocycles. The number of aromatic nitrogens is 2. The van der Waals surface area contributed by atoms with Crippen molar-refractivity contribution in [2.24, 2.45) is 5.73 Å². The summed E-state index contributed by atoms with van der Waals surface area (Å²) in [4.78, 5) is 0. The minimum atomic E-state index is -0.488. The predicted octanol–water partition coefficient (Wildman–Crippen LogP) is 2.86. The Morgan fingerprint density at radius 3 is 2.22 bits per heavy atom. The Morgan fingerprint density at radius 2 is 1.51 bits per heavy atom. The standard InChI is InChI=1S/C27H37BN4O5/c1-18-22-16-19(6-8-21(22)25(30)32-31-18)23-17-20(28-36-26(2,3)27(4,5)37-28)7-9-24(23)35-15-14-34-13-12-33-11-10-29/h6-9,16-17H,10-15,29H2,1-5H3,(H2,30,32). The average molecular weight is 508 g/mol. The fourth-order valence-corrected chi connectivity index (χ4v) is 4.11. The highest BCUT2D eigenvalue weighted by Gasteiger charge is 2.51. The van der Waals surface area contributed by atoms with Gasteiger partial charge in [0.1, 0.15) is 12.4 Å². The van der Waals surface area contributed by atoms with Gasteiger partial charge >= 0.3 is 7.12 Å². The molecular weight excluding hydrogens is 471 g/mol. The van der Waals surface area contributed by atoms with Crippen molar-refractivity contribution in [1.29, 1.82) is 0 Å². The molecule has 2 heterocycles. The Hall–Kier alpha value is -2.76. The molecule has 4 N–H and O–H groups in total. The molecule has 1 fully saturated rings. The number of aryl methyl sites for hydroxylation is 1. The van der Waals surface area contributed by atoms with Crippen molar-refractivity contribution in [1.82, 2.24) is 10.2 Å². The summed E-state index contributed by atoms with van der Waals surface area (Å²) in [6.45, 7) is 13.0. The molecule has 0 amide bonds. The molecular formula is C27H37BN4O5. The van der Waals surface area contributed by atoms with E-state index in [2.05, 4.69) is 22.3 Å². The Bertz CT molecular complexity index is 1220.